The minimum absolute atomic E-state index is 0.0903. The standard InChI is InChI=1S/C16H15F2NO2/c1-9-4-3-5-12(15(9)20)16(21)19-10(2)11-6-7-13(17)14(18)8-11/h3-8,10,20H,1-2H3,(H,19,21). The maximum Gasteiger partial charge on any atom is 0.255 e. The predicted octanol–water partition coefficient (Wildman–Crippen LogP) is 3.47. The van der Waals surface area contributed by atoms with Crippen LogP contribution in [0.15, 0.2) is 36.4 Å². The number of rotatable bonds is 3. The maximum absolute atomic E-state index is 13.2. The summed E-state index contributed by atoms with van der Waals surface area (Å²) < 4.78 is 26.1. The molecule has 3 nitrogen and oxygen atoms in total. The fourth-order valence-electron chi connectivity index (χ4n) is 1.98. The van der Waals surface area contributed by atoms with E-state index in [4.69, 9.17) is 0 Å². The van der Waals surface area contributed by atoms with Crippen LogP contribution in [0, 0.1) is 18.6 Å². The molecule has 2 N–H and O–H groups in total. The lowest BCUT2D eigenvalue weighted by Crippen LogP contribution is -2.26. The summed E-state index contributed by atoms with van der Waals surface area (Å²) in [6.45, 7) is 3.34. The van der Waals surface area contributed by atoms with Gasteiger partial charge in [0.2, 0.25) is 0 Å². The SMILES string of the molecule is Cc1cccc(C(=O)NC(C)c2ccc(F)c(F)c2)c1O. The van der Waals surface area contributed by atoms with Gasteiger partial charge in [-0.2, -0.15) is 0 Å². The highest BCUT2D eigenvalue weighted by molar-refractivity contribution is 5.97. The van der Waals surface area contributed by atoms with Crippen LogP contribution in [0.2, 0.25) is 0 Å². The van der Waals surface area contributed by atoms with E-state index in [9.17, 15) is 18.7 Å². The summed E-state index contributed by atoms with van der Waals surface area (Å²) in [7, 11) is 0. The van der Waals surface area contributed by atoms with Gasteiger partial charge in [0.1, 0.15) is 5.75 Å². The van der Waals surface area contributed by atoms with Gasteiger partial charge >= 0.3 is 0 Å². The van der Waals surface area contributed by atoms with E-state index in [0.717, 1.165) is 12.1 Å². The van der Waals surface area contributed by atoms with E-state index in [1.54, 1.807) is 26.0 Å². The number of phenolic OH excluding ortho intramolecular Hbond substituents is 1. The Balaban J connectivity index is 2.18. The lowest BCUT2D eigenvalue weighted by molar-refractivity contribution is 0.0937. The van der Waals surface area contributed by atoms with Gasteiger partial charge < -0.3 is 10.4 Å². The second-order valence-electron chi connectivity index (χ2n) is 4.84. The van der Waals surface area contributed by atoms with Crippen LogP contribution >= 0.6 is 0 Å². The first-order valence-electron chi connectivity index (χ1n) is 6.44. The molecule has 1 amide bonds. The van der Waals surface area contributed by atoms with E-state index in [0.29, 0.717) is 11.1 Å². The number of nitrogens with one attached hydrogen (secondary N) is 1. The number of aromatic hydroxyl groups is 1. The molecule has 2 rings (SSSR count). The van der Waals surface area contributed by atoms with Crippen molar-refractivity contribution in [2.45, 2.75) is 19.9 Å². The Morgan fingerprint density at radius 2 is 1.90 bits per heavy atom. The number of benzene rings is 2. The number of hydrogen-bond acceptors (Lipinski definition) is 2. The molecule has 0 bridgehead atoms. The van der Waals surface area contributed by atoms with Crippen LogP contribution in [0.3, 0.4) is 0 Å². The van der Waals surface area contributed by atoms with Gasteiger partial charge in [-0.15, -0.1) is 0 Å². The highest BCUT2D eigenvalue weighted by Crippen LogP contribution is 2.23. The summed E-state index contributed by atoms with van der Waals surface area (Å²) in [6, 6.07) is 7.77. The van der Waals surface area contributed by atoms with Crippen molar-refractivity contribution in [3.8, 4) is 5.75 Å². The Kier molecular flexibility index (Phi) is 4.21. The molecule has 2 aromatic carbocycles. The second-order valence-corrected chi connectivity index (χ2v) is 4.84. The van der Waals surface area contributed by atoms with Crippen LogP contribution in [0.25, 0.3) is 0 Å². The monoisotopic (exact) mass is 291 g/mol. The molecule has 5 heteroatoms. The molecular formula is C16H15F2NO2. The third-order valence-corrected chi connectivity index (χ3v) is 3.27. The molecule has 0 aromatic heterocycles. The molecule has 1 unspecified atom stereocenters. The molecule has 0 fully saturated rings. The van der Waals surface area contributed by atoms with E-state index in [-0.39, 0.29) is 11.3 Å². The van der Waals surface area contributed by atoms with Crippen molar-refractivity contribution in [3.63, 3.8) is 0 Å². The highest BCUT2D eigenvalue weighted by atomic mass is 19.2. The van der Waals surface area contributed by atoms with Crippen LogP contribution < -0.4 is 5.32 Å². The number of hydrogen-bond donors (Lipinski definition) is 2. The molecule has 0 saturated carbocycles. The Labute approximate surface area is 121 Å². The molecule has 1 atom stereocenters. The zero-order valence-electron chi connectivity index (χ0n) is 11.7. The van der Waals surface area contributed by atoms with E-state index in [1.807, 2.05) is 0 Å². The van der Waals surface area contributed by atoms with E-state index in [1.165, 1.54) is 12.1 Å². The molecule has 0 aliphatic rings. The van der Waals surface area contributed by atoms with Gasteiger partial charge in [0.25, 0.3) is 5.91 Å². The topological polar surface area (TPSA) is 49.3 Å². The smallest absolute Gasteiger partial charge is 0.255 e. The highest BCUT2D eigenvalue weighted by Gasteiger charge is 2.16. The molecule has 0 spiro atoms. The number of para-hydroxylation sites is 1. The molecule has 2 aromatic rings. The number of halogens is 2. The van der Waals surface area contributed by atoms with Gasteiger partial charge in [-0.05, 0) is 43.2 Å². The Morgan fingerprint density at radius 1 is 1.19 bits per heavy atom. The van der Waals surface area contributed by atoms with Crippen LogP contribution in [0.1, 0.15) is 34.5 Å². The van der Waals surface area contributed by atoms with Crippen LogP contribution in [0.4, 0.5) is 8.78 Å². The molecule has 0 radical (unpaired) electrons. The lowest BCUT2D eigenvalue weighted by atomic mass is 10.1. The fraction of sp³-hybridized carbons (Fsp3) is 0.188. The quantitative estimate of drug-likeness (QED) is 0.909. The summed E-state index contributed by atoms with van der Waals surface area (Å²) in [6.07, 6.45) is 0. The van der Waals surface area contributed by atoms with Crippen molar-refractivity contribution < 1.29 is 18.7 Å². The summed E-state index contributed by atoms with van der Waals surface area (Å²) >= 11 is 0. The lowest BCUT2D eigenvalue weighted by Gasteiger charge is -2.15. The summed E-state index contributed by atoms with van der Waals surface area (Å²) in [4.78, 5) is 12.1. The predicted molar refractivity (Wildman–Crippen MR) is 75.1 cm³/mol. The average Bonchev–Trinajstić information content (AvgIpc) is 2.44. The summed E-state index contributed by atoms with van der Waals surface area (Å²) in [5.74, 6) is -2.47. The normalized spacial score (nSPS) is 12.0. The van der Waals surface area contributed by atoms with Crippen molar-refractivity contribution in [1.29, 1.82) is 0 Å². The number of carbonyl (C=O) groups excluding carboxylic acids is 1. The Bertz CT molecular complexity index is 686. The maximum atomic E-state index is 13.2. The first-order valence-corrected chi connectivity index (χ1v) is 6.44. The van der Waals surface area contributed by atoms with Crippen molar-refractivity contribution >= 4 is 5.91 Å². The Morgan fingerprint density at radius 3 is 2.57 bits per heavy atom. The zero-order chi connectivity index (χ0) is 15.6. The minimum atomic E-state index is -0.966. The molecular weight excluding hydrogens is 276 g/mol. The van der Waals surface area contributed by atoms with Crippen LogP contribution in [0.5, 0.6) is 5.75 Å². The number of aryl methyl sites for hydroxylation is 1. The first kappa shape index (κ1) is 15.0. The number of phenols is 1. The van der Waals surface area contributed by atoms with Crippen molar-refractivity contribution in [1.82, 2.24) is 5.32 Å². The minimum Gasteiger partial charge on any atom is -0.507 e. The van der Waals surface area contributed by atoms with Gasteiger partial charge in [0.15, 0.2) is 11.6 Å². The largest absolute Gasteiger partial charge is 0.507 e. The van der Waals surface area contributed by atoms with Gasteiger partial charge in [-0.3, -0.25) is 4.79 Å². The van der Waals surface area contributed by atoms with Gasteiger partial charge in [-0.1, -0.05) is 18.2 Å². The number of amides is 1. The first-order chi connectivity index (χ1) is 9.90. The second kappa shape index (κ2) is 5.91. The van der Waals surface area contributed by atoms with E-state index in [2.05, 4.69) is 5.32 Å². The molecule has 110 valence electrons. The number of carbonyl (C=O) groups is 1. The average molecular weight is 291 g/mol. The van der Waals surface area contributed by atoms with Crippen LogP contribution in [-0.4, -0.2) is 11.0 Å². The van der Waals surface area contributed by atoms with Crippen molar-refractivity contribution in [2.75, 3.05) is 0 Å². The molecule has 0 saturated heterocycles. The van der Waals surface area contributed by atoms with Crippen molar-refractivity contribution in [3.05, 3.63) is 64.7 Å². The van der Waals surface area contributed by atoms with E-state index >= 15 is 0 Å². The van der Waals surface area contributed by atoms with Gasteiger partial charge in [-0.25, -0.2) is 8.78 Å². The molecule has 0 heterocycles. The molecule has 0 aliphatic carbocycles. The molecule has 0 aliphatic heterocycles. The van der Waals surface area contributed by atoms with Crippen LogP contribution in [-0.2, 0) is 0 Å². The summed E-state index contributed by atoms with van der Waals surface area (Å²) in [5.41, 5.74) is 1.17. The molecule has 21 heavy (non-hydrogen) atoms. The fourth-order valence-corrected chi connectivity index (χ4v) is 1.98. The zero-order valence-corrected chi connectivity index (χ0v) is 11.7. The van der Waals surface area contributed by atoms with E-state index < -0.39 is 23.6 Å². The summed E-state index contributed by atoms with van der Waals surface area (Å²) in [5, 5.41) is 12.5. The van der Waals surface area contributed by atoms with Gasteiger partial charge in [0, 0.05) is 0 Å². The third kappa shape index (κ3) is 3.18. The third-order valence-electron chi connectivity index (χ3n) is 3.27. The van der Waals surface area contributed by atoms with Crippen molar-refractivity contribution in [2.24, 2.45) is 0 Å². The Hall–Kier alpha value is -2.43. The van der Waals surface area contributed by atoms with Gasteiger partial charge in [0.05, 0.1) is 11.6 Å².